The Kier molecular flexibility index (Phi) is 3.41. The molecule has 1 aromatic heterocycles. The minimum absolute atomic E-state index is 0.0937. The third-order valence-corrected chi connectivity index (χ3v) is 2.98. The summed E-state index contributed by atoms with van der Waals surface area (Å²) in [6.45, 7) is 3.46. The maximum Gasteiger partial charge on any atom is 0.301 e. The van der Waals surface area contributed by atoms with Gasteiger partial charge in [0.1, 0.15) is 10.7 Å². The molecule has 0 saturated carbocycles. The van der Waals surface area contributed by atoms with Gasteiger partial charge in [0.15, 0.2) is 0 Å². The van der Waals surface area contributed by atoms with E-state index in [0.717, 1.165) is 6.07 Å². The van der Waals surface area contributed by atoms with Gasteiger partial charge in [0.05, 0.1) is 21.6 Å². The predicted molar refractivity (Wildman–Crippen MR) is 71.4 cm³/mol. The van der Waals surface area contributed by atoms with Crippen LogP contribution in [0.4, 0.5) is 11.4 Å². The molecule has 104 valence electrons. The second-order valence-corrected chi connectivity index (χ2v) is 4.55. The second-order valence-electron chi connectivity index (χ2n) is 4.15. The Hall–Kier alpha value is -2.48. The highest BCUT2D eigenvalue weighted by Gasteiger charge is 2.25. The SMILES string of the molecule is Cc1cc(C)n(-c2cc(Cl)c([N+](=O)[O-])cc2[N+](=O)[O-])n1. The molecule has 0 N–H and O–H groups in total. The van der Waals surface area contributed by atoms with Gasteiger partial charge < -0.3 is 0 Å². The Bertz CT molecular complexity index is 725. The summed E-state index contributed by atoms with van der Waals surface area (Å²) in [6, 6.07) is 3.75. The summed E-state index contributed by atoms with van der Waals surface area (Å²) >= 11 is 5.80. The van der Waals surface area contributed by atoms with E-state index in [9.17, 15) is 20.2 Å². The molecule has 2 aromatic rings. The van der Waals surface area contributed by atoms with E-state index < -0.39 is 21.2 Å². The largest absolute Gasteiger partial charge is 0.301 e. The van der Waals surface area contributed by atoms with Crippen LogP contribution in [0.25, 0.3) is 5.69 Å². The van der Waals surface area contributed by atoms with Gasteiger partial charge in [-0.15, -0.1) is 0 Å². The van der Waals surface area contributed by atoms with Crippen molar-refractivity contribution in [2.45, 2.75) is 13.8 Å². The van der Waals surface area contributed by atoms with Gasteiger partial charge in [0.2, 0.25) is 0 Å². The van der Waals surface area contributed by atoms with Gasteiger partial charge in [-0.25, -0.2) is 4.68 Å². The Balaban J connectivity index is 2.76. The van der Waals surface area contributed by atoms with Crippen LogP contribution in [0.3, 0.4) is 0 Å². The molecule has 0 aliphatic heterocycles. The summed E-state index contributed by atoms with van der Waals surface area (Å²) in [5, 5.41) is 25.8. The van der Waals surface area contributed by atoms with Crippen molar-refractivity contribution in [3.63, 3.8) is 0 Å². The molecule has 0 atom stereocenters. The molecule has 2 rings (SSSR count). The van der Waals surface area contributed by atoms with Crippen LogP contribution >= 0.6 is 11.6 Å². The van der Waals surface area contributed by atoms with Crippen molar-refractivity contribution in [2.75, 3.05) is 0 Å². The summed E-state index contributed by atoms with van der Waals surface area (Å²) in [6.07, 6.45) is 0. The van der Waals surface area contributed by atoms with Crippen LogP contribution in [0.1, 0.15) is 11.4 Å². The highest BCUT2D eigenvalue weighted by atomic mass is 35.5. The summed E-state index contributed by atoms with van der Waals surface area (Å²) in [4.78, 5) is 20.4. The molecule has 0 aliphatic rings. The molecule has 0 bridgehead atoms. The molecule has 0 unspecified atom stereocenters. The fourth-order valence-electron chi connectivity index (χ4n) is 1.87. The quantitative estimate of drug-likeness (QED) is 0.639. The van der Waals surface area contributed by atoms with Crippen molar-refractivity contribution < 1.29 is 9.85 Å². The first-order valence-corrected chi connectivity index (χ1v) is 5.85. The number of hydrogen-bond acceptors (Lipinski definition) is 5. The Morgan fingerprint density at radius 1 is 1.10 bits per heavy atom. The van der Waals surface area contributed by atoms with E-state index in [4.69, 9.17) is 11.6 Å². The number of nitro benzene ring substituents is 2. The van der Waals surface area contributed by atoms with Crippen molar-refractivity contribution in [2.24, 2.45) is 0 Å². The third-order valence-electron chi connectivity index (χ3n) is 2.68. The first kappa shape index (κ1) is 13.9. The second kappa shape index (κ2) is 4.89. The summed E-state index contributed by atoms with van der Waals surface area (Å²) in [5.41, 5.74) is 0.494. The summed E-state index contributed by atoms with van der Waals surface area (Å²) in [7, 11) is 0. The molecular weight excluding hydrogens is 288 g/mol. The smallest absolute Gasteiger partial charge is 0.258 e. The van der Waals surface area contributed by atoms with Crippen molar-refractivity contribution in [3.8, 4) is 5.69 Å². The molecule has 20 heavy (non-hydrogen) atoms. The molecule has 0 saturated heterocycles. The van der Waals surface area contributed by atoms with Crippen LogP contribution < -0.4 is 0 Å². The first-order valence-electron chi connectivity index (χ1n) is 5.47. The lowest BCUT2D eigenvalue weighted by Gasteiger charge is -2.06. The van der Waals surface area contributed by atoms with E-state index in [0.29, 0.717) is 11.4 Å². The molecule has 1 aromatic carbocycles. The minimum atomic E-state index is -0.764. The standard InChI is InChI=1S/C11H9ClN4O4/c1-6-3-7(2)14(13-6)10-4-8(12)9(15(17)18)5-11(10)16(19)20/h3-5H,1-2H3. The molecule has 1 heterocycles. The van der Waals surface area contributed by atoms with E-state index in [1.807, 2.05) is 0 Å². The average molecular weight is 297 g/mol. The zero-order chi connectivity index (χ0) is 15.0. The van der Waals surface area contributed by atoms with Gasteiger partial charge in [0.25, 0.3) is 5.69 Å². The molecular formula is C11H9ClN4O4. The van der Waals surface area contributed by atoms with Crippen LogP contribution in [0.15, 0.2) is 18.2 Å². The number of nitrogens with zero attached hydrogens (tertiary/aromatic N) is 4. The van der Waals surface area contributed by atoms with Gasteiger partial charge in [0, 0.05) is 5.69 Å². The van der Waals surface area contributed by atoms with Gasteiger partial charge in [-0.05, 0) is 26.0 Å². The van der Waals surface area contributed by atoms with Crippen LogP contribution in [0, 0.1) is 34.1 Å². The molecule has 0 spiro atoms. The average Bonchev–Trinajstić information content (AvgIpc) is 2.67. The van der Waals surface area contributed by atoms with Crippen LogP contribution in [-0.4, -0.2) is 19.6 Å². The Morgan fingerprint density at radius 3 is 2.15 bits per heavy atom. The highest BCUT2D eigenvalue weighted by Crippen LogP contribution is 2.34. The van der Waals surface area contributed by atoms with E-state index in [1.165, 1.54) is 10.7 Å². The van der Waals surface area contributed by atoms with Crippen LogP contribution in [0.2, 0.25) is 5.02 Å². The van der Waals surface area contributed by atoms with Gasteiger partial charge in [-0.3, -0.25) is 20.2 Å². The van der Waals surface area contributed by atoms with E-state index in [2.05, 4.69) is 5.10 Å². The Morgan fingerprint density at radius 2 is 1.70 bits per heavy atom. The molecule has 0 amide bonds. The zero-order valence-corrected chi connectivity index (χ0v) is 11.3. The van der Waals surface area contributed by atoms with Gasteiger partial charge in [-0.2, -0.15) is 5.10 Å². The van der Waals surface area contributed by atoms with Gasteiger partial charge in [-0.1, -0.05) is 11.6 Å². The fourth-order valence-corrected chi connectivity index (χ4v) is 2.10. The lowest BCUT2D eigenvalue weighted by atomic mass is 10.2. The molecule has 8 nitrogen and oxygen atoms in total. The lowest BCUT2D eigenvalue weighted by molar-refractivity contribution is -0.394. The van der Waals surface area contributed by atoms with Crippen LogP contribution in [0.5, 0.6) is 0 Å². The summed E-state index contributed by atoms with van der Waals surface area (Å²) in [5.74, 6) is 0. The maximum absolute atomic E-state index is 11.1. The minimum Gasteiger partial charge on any atom is -0.258 e. The van der Waals surface area contributed by atoms with E-state index >= 15 is 0 Å². The van der Waals surface area contributed by atoms with Crippen molar-refractivity contribution in [1.82, 2.24) is 9.78 Å². The van der Waals surface area contributed by atoms with Crippen LogP contribution in [-0.2, 0) is 0 Å². The van der Waals surface area contributed by atoms with Gasteiger partial charge >= 0.3 is 5.69 Å². The number of rotatable bonds is 3. The first-order chi connectivity index (χ1) is 9.31. The molecule has 0 fully saturated rings. The molecule has 0 radical (unpaired) electrons. The number of halogens is 1. The lowest BCUT2D eigenvalue weighted by Crippen LogP contribution is -2.05. The maximum atomic E-state index is 11.1. The number of benzene rings is 1. The predicted octanol–water partition coefficient (Wildman–Crippen LogP) is 2.96. The normalized spacial score (nSPS) is 10.6. The molecule has 9 heteroatoms. The molecule has 0 aliphatic carbocycles. The topological polar surface area (TPSA) is 104 Å². The van der Waals surface area contributed by atoms with Crippen molar-refractivity contribution in [3.05, 3.63) is 54.8 Å². The van der Waals surface area contributed by atoms with E-state index in [-0.39, 0.29) is 10.7 Å². The third kappa shape index (κ3) is 2.32. The van der Waals surface area contributed by atoms with Crippen molar-refractivity contribution in [1.29, 1.82) is 0 Å². The number of hydrogen-bond donors (Lipinski definition) is 0. The van der Waals surface area contributed by atoms with E-state index in [1.54, 1.807) is 19.9 Å². The zero-order valence-electron chi connectivity index (χ0n) is 10.5. The summed E-state index contributed by atoms with van der Waals surface area (Å²) < 4.78 is 1.34. The van der Waals surface area contributed by atoms with Crippen molar-refractivity contribution >= 4 is 23.0 Å². The monoisotopic (exact) mass is 296 g/mol. The highest BCUT2D eigenvalue weighted by molar-refractivity contribution is 6.33. The number of aromatic nitrogens is 2. The number of nitro groups is 2. The fraction of sp³-hybridized carbons (Fsp3) is 0.182. The number of aryl methyl sites for hydroxylation is 2. The Labute approximate surface area is 117 Å².